The maximum Gasteiger partial charge on any atom is 0.228 e. The number of benzene rings is 1. The highest BCUT2D eigenvalue weighted by Gasteiger charge is 2.41. The molecule has 29 heavy (non-hydrogen) atoms. The standard InChI is InChI=1S/C22H30ClN3O3/c1-15-11-24(12-16(2)29-15)14-20-7-4-8-25(20)22(28)17-9-21(27)26(13-17)19-6-3-5-18(23)10-19/h3,5-6,10,15-17,20H,4,7-9,11-14H2,1-2H3. The SMILES string of the molecule is CC1CN(CC2CCCN2C(=O)C2CC(=O)N(c3cccc(Cl)c3)C2)CC(C)O1. The summed E-state index contributed by atoms with van der Waals surface area (Å²) in [5.41, 5.74) is 0.770. The van der Waals surface area contributed by atoms with Crippen molar-refractivity contribution < 1.29 is 14.3 Å². The van der Waals surface area contributed by atoms with Crippen LogP contribution in [0.2, 0.25) is 5.02 Å². The van der Waals surface area contributed by atoms with Crippen molar-refractivity contribution in [2.24, 2.45) is 5.92 Å². The van der Waals surface area contributed by atoms with Crippen LogP contribution in [-0.4, -0.2) is 72.6 Å². The molecule has 4 atom stereocenters. The van der Waals surface area contributed by atoms with Crippen LogP contribution in [0.3, 0.4) is 0 Å². The number of carbonyl (C=O) groups is 2. The number of nitrogens with zero attached hydrogens (tertiary/aromatic N) is 3. The zero-order valence-corrected chi connectivity index (χ0v) is 18.0. The second-order valence-corrected chi connectivity index (χ2v) is 9.13. The van der Waals surface area contributed by atoms with Crippen molar-refractivity contribution in [1.82, 2.24) is 9.80 Å². The van der Waals surface area contributed by atoms with Gasteiger partial charge < -0.3 is 14.5 Å². The largest absolute Gasteiger partial charge is 0.373 e. The van der Waals surface area contributed by atoms with E-state index in [0.29, 0.717) is 11.6 Å². The van der Waals surface area contributed by atoms with Crippen LogP contribution in [0.5, 0.6) is 0 Å². The monoisotopic (exact) mass is 419 g/mol. The zero-order chi connectivity index (χ0) is 20.5. The molecule has 0 bridgehead atoms. The van der Waals surface area contributed by atoms with Gasteiger partial charge in [-0.15, -0.1) is 0 Å². The van der Waals surface area contributed by atoms with Crippen LogP contribution < -0.4 is 4.90 Å². The van der Waals surface area contributed by atoms with Gasteiger partial charge >= 0.3 is 0 Å². The summed E-state index contributed by atoms with van der Waals surface area (Å²) in [5, 5.41) is 0.596. The molecule has 3 heterocycles. The first-order valence-electron chi connectivity index (χ1n) is 10.6. The van der Waals surface area contributed by atoms with Crippen molar-refractivity contribution in [3.8, 4) is 0 Å². The van der Waals surface area contributed by atoms with E-state index in [4.69, 9.17) is 16.3 Å². The average Bonchev–Trinajstić information content (AvgIpc) is 3.27. The number of halogens is 1. The Morgan fingerprint density at radius 2 is 1.97 bits per heavy atom. The molecule has 3 saturated heterocycles. The summed E-state index contributed by atoms with van der Waals surface area (Å²) in [6.45, 7) is 8.15. The number of anilines is 1. The van der Waals surface area contributed by atoms with E-state index in [1.807, 2.05) is 17.0 Å². The number of likely N-dealkylation sites (tertiary alicyclic amines) is 1. The third-order valence-electron chi connectivity index (χ3n) is 6.22. The summed E-state index contributed by atoms with van der Waals surface area (Å²) in [5.74, 6) is -0.151. The van der Waals surface area contributed by atoms with Crippen molar-refractivity contribution in [1.29, 1.82) is 0 Å². The number of ether oxygens (including phenoxy) is 1. The van der Waals surface area contributed by atoms with Gasteiger partial charge in [-0.05, 0) is 44.9 Å². The Balaban J connectivity index is 1.40. The summed E-state index contributed by atoms with van der Waals surface area (Å²) in [6.07, 6.45) is 2.79. The number of morpholine rings is 1. The Hall–Kier alpha value is -1.63. The predicted octanol–water partition coefficient (Wildman–Crippen LogP) is 2.79. The minimum Gasteiger partial charge on any atom is -0.373 e. The fourth-order valence-electron chi connectivity index (χ4n) is 5.05. The molecule has 0 saturated carbocycles. The smallest absolute Gasteiger partial charge is 0.228 e. The molecule has 6 nitrogen and oxygen atoms in total. The summed E-state index contributed by atoms with van der Waals surface area (Å²) in [6, 6.07) is 7.51. The van der Waals surface area contributed by atoms with E-state index in [1.54, 1.807) is 17.0 Å². The van der Waals surface area contributed by atoms with Gasteiger partial charge in [0.1, 0.15) is 0 Å². The molecule has 3 aliphatic rings. The minimum atomic E-state index is -0.274. The van der Waals surface area contributed by atoms with E-state index in [1.165, 1.54) is 0 Å². The van der Waals surface area contributed by atoms with Crippen LogP contribution in [0.25, 0.3) is 0 Å². The quantitative estimate of drug-likeness (QED) is 0.753. The number of hydrogen-bond acceptors (Lipinski definition) is 4. The van der Waals surface area contributed by atoms with Gasteiger partial charge in [0.25, 0.3) is 0 Å². The third-order valence-corrected chi connectivity index (χ3v) is 6.45. The predicted molar refractivity (Wildman–Crippen MR) is 113 cm³/mol. The highest BCUT2D eigenvalue weighted by Crippen LogP contribution is 2.30. The molecule has 7 heteroatoms. The number of rotatable bonds is 4. The van der Waals surface area contributed by atoms with Gasteiger partial charge in [0.2, 0.25) is 11.8 Å². The lowest BCUT2D eigenvalue weighted by Crippen LogP contribution is -2.51. The third kappa shape index (κ3) is 4.60. The van der Waals surface area contributed by atoms with Gasteiger partial charge in [-0.1, -0.05) is 17.7 Å². The van der Waals surface area contributed by atoms with Gasteiger partial charge in [-0.2, -0.15) is 0 Å². The first-order valence-corrected chi connectivity index (χ1v) is 11.0. The van der Waals surface area contributed by atoms with Crippen LogP contribution in [0.4, 0.5) is 5.69 Å². The van der Waals surface area contributed by atoms with Crippen molar-refractivity contribution >= 4 is 29.1 Å². The molecule has 4 rings (SSSR count). The summed E-state index contributed by atoms with van der Waals surface area (Å²) < 4.78 is 5.84. The number of hydrogen-bond donors (Lipinski definition) is 0. The van der Waals surface area contributed by atoms with Crippen molar-refractivity contribution in [3.63, 3.8) is 0 Å². The lowest BCUT2D eigenvalue weighted by atomic mass is 10.1. The molecular weight excluding hydrogens is 390 g/mol. The maximum atomic E-state index is 13.3. The van der Waals surface area contributed by atoms with E-state index in [9.17, 15) is 9.59 Å². The van der Waals surface area contributed by atoms with Crippen LogP contribution in [0, 0.1) is 5.92 Å². The van der Waals surface area contributed by atoms with Gasteiger partial charge in [0, 0.05) is 55.9 Å². The normalized spacial score (nSPS) is 30.9. The number of carbonyl (C=O) groups excluding carboxylic acids is 2. The lowest BCUT2D eigenvalue weighted by Gasteiger charge is -2.38. The molecule has 3 fully saturated rings. The fourth-order valence-corrected chi connectivity index (χ4v) is 5.23. The lowest BCUT2D eigenvalue weighted by molar-refractivity contribution is -0.137. The van der Waals surface area contributed by atoms with E-state index in [-0.39, 0.29) is 42.4 Å². The molecule has 0 N–H and O–H groups in total. The second kappa shape index (κ2) is 8.62. The summed E-state index contributed by atoms with van der Waals surface area (Å²) in [4.78, 5) is 32.0. The molecular formula is C22H30ClN3O3. The van der Waals surface area contributed by atoms with Gasteiger partial charge in [0.15, 0.2) is 0 Å². The maximum absolute atomic E-state index is 13.3. The Bertz CT molecular complexity index is 763. The van der Waals surface area contributed by atoms with E-state index < -0.39 is 0 Å². The van der Waals surface area contributed by atoms with Crippen LogP contribution in [0.15, 0.2) is 24.3 Å². The van der Waals surface area contributed by atoms with Gasteiger partial charge in [-0.25, -0.2) is 0 Å². The molecule has 0 aliphatic carbocycles. The highest BCUT2D eigenvalue weighted by molar-refractivity contribution is 6.31. The molecule has 1 aromatic rings. The first kappa shape index (κ1) is 20.6. The van der Waals surface area contributed by atoms with Gasteiger partial charge in [-0.3, -0.25) is 14.5 Å². The Morgan fingerprint density at radius 1 is 1.21 bits per heavy atom. The Morgan fingerprint density at radius 3 is 2.69 bits per heavy atom. The summed E-state index contributed by atoms with van der Waals surface area (Å²) >= 11 is 6.08. The highest BCUT2D eigenvalue weighted by atomic mass is 35.5. The average molecular weight is 420 g/mol. The fraction of sp³-hybridized carbons (Fsp3) is 0.636. The minimum absolute atomic E-state index is 0.00260. The Labute approximate surface area is 177 Å². The van der Waals surface area contributed by atoms with E-state index in [0.717, 1.165) is 44.7 Å². The molecule has 3 aliphatic heterocycles. The zero-order valence-electron chi connectivity index (χ0n) is 17.2. The Kier molecular flexibility index (Phi) is 6.13. The number of amides is 2. The second-order valence-electron chi connectivity index (χ2n) is 8.69. The topological polar surface area (TPSA) is 53.1 Å². The summed E-state index contributed by atoms with van der Waals surface area (Å²) in [7, 11) is 0. The van der Waals surface area contributed by atoms with E-state index >= 15 is 0 Å². The first-order chi connectivity index (χ1) is 13.9. The van der Waals surface area contributed by atoms with Crippen LogP contribution >= 0.6 is 11.6 Å². The molecule has 0 aromatic heterocycles. The molecule has 1 aromatic carbocycles. The van der Waals surface area contributed by atoms with Crippen molar-refractivity contribution in [3.05, 3.63) is 29.3 Å². The van der Waals surface area contributed by atoms with Crippen LogP contribution in [0.1, 0.15) is 33.1 Å². The molecule has 2 amide bonds. The molecule has 0 radical (unpaired) electrons. The van der Waals surface area contributed by atoms with Crippen molar-refractivity contribution in [2.45, 2.75) is 51.4 Å². The van der Waals surface area contributed by atoms with Crippen LogP contribution in [-0.2, 0) is 14.3 Å². The molecule has 0 spiro atoms. The molecule has 4 unspecified atom stereocenters. The molecule has 158 valence electrons. The van der Waals surface area contributed by atoms with Crippen molar-refractivity contribution in [2.75, 3.05) is 37.6 Å². The van der Waals surface area contributed by atoms with Gasteiger partial charge in [0.05, 0.1) is 18.1 Å². The van der Waals surface area contributed by atoms with E-state index in [2.05, 4.69) is 18.7 Å².